The Morgan fingerprint density at radius 1 is 1.17 bits per heavy atom. The molecule has 0 aliphatic carbocycles. The third kappa shape index (κ3) is 4.97. The van der Waals surface area contributed by atoms with Crippen molar-refractivity contribution in [1.29, 1.82) is 0 Å². The van der Waals surface area contributed by atoms with E-state index in [1.165, 1.54) is 0 Å². The Morgan fingerprint density at radius 3 is 2.56 bits per heavy atom. The Morgan fingerprint density at radius 2 is 1.89 bits per heavy atom. The van der Waals surface area contributed by atoms with Gasteiger partial charge in [-0.3, -0.25) is 0 Å². The van der Waals surface area contributed by atoms with Gasteiger partial charge >= 0.3 is 0 Å². The maximum Gasteiger partial charge on any atom is 0.241 e. The van der Waals surface area contributed by atoms with Gasteiger partial charge in [-0.05, 0) is 53.4 Å². The summed E-state index contributed by atoms with van der Waals surface area (Å²) < 4.78 is 27.8. The van der Waals surface area contributed by atoms with Crippen LogP contribution in [0.15, 0.2) is 32.0 Å². The molecule has 0 aromatic heterocycles. The van der Waals surface area contributed by atoms with Crippen molar-refractivity contribution in [2.45, 2.75) is 24.2 Å². The minimum absolute atomic E-state index is 0.143. The largest absolute Gasteiger partial charge is 0.396 e. The SMILES string of the molecule is O=S(=O)(NCCCCCO)c1cc(Br)ccc1Br. The van der Waals surface area contributed by atoms with Gasteiger partial charge in [0.2, 0.25) is 10.0 Å². The smallest absolute Gasteiger partial charge is 0.241 e. The lowest BCUT2D eigenvalue weighted by atomic mass is 10.2. The summed E-state index contributed by atoms with van der Waals surface area (Å²) in [5.74, 6) is 0. The zero-order valence-corrected chi connectivity index (χ0v) is 13.7. The molecule has 1 rings (SSSR count). The molecule has 0 amide bonds. The lowest BCUT2D eigenvalue weighted by Gasteiger charge is -2.08. The maximum atomic E-state index is 12.0. The second-order valence-electron chi connectivity index (χ2n) is 3.76. The number of aliphatic hydroxyl groups excluding tert-OH is 1. The summed E-state index contributed by atoms with van der Waals surface area (Å²) in [6, 6.07) is 5.01. The van der Waals surface area contributed by atoms with Crippen molar-refractivity contribution in [3.05, 3.63) is 27.1 Å². The van der Waals surface area contributed by atoms with E-state index in [4.69, 9.17) is 5.11 Å². The van der Waals surface area contributed by atoms with Crippen molar-refractivity contribution in [2.24, 2.45) is 0 Å². The van der Waals surface area contributed by atoms with Gasteiger partial charge in [0.1, 0.15) is 0 Å². The first-order valence-corrected chi connectivity index (χ1v) is 8.60. The van der Waals surface area contributed by atoms with Gasteiger partial charge in [0, 0.05) is 22.1 Å². The van der Waals surface area contributed by atoms with Crippen molar-refractivity contribution in [3.8, 4) is 0 Å². The molecule has 102 valence electrons. The van der Waals surface area contributed by atoms with E-state index in [1.807, 2.05) is 0 Å². The Kier molecular flexibility index (Phi) is 6.79. The molecule has 7 heteroatoms. The second-order valence-corrected chi connectivity index (χ2v) is 7.26. The molecule has 0 bridgehead atoms. The minimum Gasteiger partial charge on any atom is -0.396 e. The van der Waals surface area contributed by atoms with Crippen molar-refractivity contribution in [1.82, 2.24) is 4.72 Å². The molecule has 0 atom stereocenters. The maximum absolute atomic E-state index is 12.0. The summed E-state index contributed by atoms with van der Waals surface area (Å²) in [5.41, 5.74) is 0. The van der Waals surface area contributed by atoms with Gasteiger partial charge in [-0.2, -0.15) is 0 Å². The van der Waals surface area contributed by atoms with Gasteiger partial charge in [0.15, 0.2) is 0 Å². The summed E-state index contributed by atoms with van der Waals surface area (Å²) in [7, 11) is -3.49. The van der Waals surface area contributed by atoms with Gasteiger partial charge in [0.05, 0.1) is 4.90 Å². The fraction of sp³-hybridized carbons (Fsp3) is 0.455. The van der Waals surface area contributed by atoms with Crippen LogP contribution in [-0.4, -0.2) is 26.7 Å². The van der Waals surface area contributed by atoms with E-state index in [0.717, 1.165) is 6.42 Å². The predicted molar refractivity (Wildman–Crippen MR) is 78.0 cm³/mol. The van der Waals surface area contributed by atoms with E-state index in [2.05, 4.69) is 36.6 Å². The van der Waals surface area contributed by atoms with Crippen LogP contribution in [0.1, 0.15) is 19.3 Å². The molecule has 0 saturated heterocycles. The number of aliphatic hydroxyl groups is 1. The summed E-state index contributed by atoms with van der Waals surface area (Å²) in [6.07, 6.45) is 2.21. The van der Waals surface area contributed by atoms with E-state index in [1.54, 1.807) is 18.2 Å². The van der Waals surface area contributed by atoms with Gasteiger partial charge < -0.3 is 5.11 Å². The van der Waals surface area contributed by atoms with Gasteiger partial charge in [-0.15, -0.1) is 0 Å². The molecular formula is C11H15Br2NO3S. The molecule has 0 aliphatic heterocycles. The summed E-state index contributed by atoms with van der Waals surface area (Å²) in [4.78, 5) is 0.221. The molecule has 1 aromatic rings. The number of hydrogen-bond acceptors (Lipinski definition) is 3. The molecular weight excluding hydrogens is 386 g/mol. The molecule has 18 heavy (non-hydrogen) atoms. The Bertz CT molecular complexity index is 491. The molecule has 1 aromatic carbocycles. The van der Waals surface area contributed by atoms with E-state index in [9.17, 15) is 8.42 Å². The second kappa shape index (κ2) is 7.59. The molecule has 0 unspecified atom stereocenters. The lowest BCUT2D eigenvalue weighted by Crippen LogP contribution is -2.25. The normalized spacial score (nSPS) is 11.7. The average Bonchev–Trinajstić information content (AvgIpc) is 2.32. The highest BCUT2D eigenvalue weighted by atomic mass is 79.9. The number of sulfonamides is 1. The lowest BCUT2D eigenvalue weighted by molar-refractivity contribution is 0.283. The minimum atomic E-state index is -3.49. The zero-order chi connectivity index (χ0) is 13.6. The van der Waals surface area contributed by atoms with Crippen LogP contribution in [-0.2, 0) is 10.0 Å². The highest BCUT2D eigenvalue weighted by molar-refractivity contribution is 9.11. The molecule has 4 nitrogen and oxygen atoms in total. The number of nitrogens with one attached hydrogen (secondary N) is 1. The third-order valence-corrected chi connectivity index (χ3v) is 5.26. The van der Waals surface area contributed by atoms with Crippen LogP contribution < -0.4 is 4.72 Å². The van der Waals surface area contributed by atoms with E-state index in [0.29, 0.717) is 28.3 Å². The first-order valence-electron chi connectivity index (χ1n) is 5.53. The Balaban J connectivity index is 2.66. The van der Waals surface area contributed by atoms with Crippen molar-refractivity contribution >= 4 is 41.9 Å². The molecule has 0 aliphatic rings. The molecule has 0 radical (unpaired) electrons. The van der Waals surface area contributed by atoms with Gasteiger partial charge in [-0.25, -0.2) is 13.1 Å². The first kappa shape index (κ1) is 16.1. The fourth-order valence-corrected chi connectivity index (χ4v) is 3.95. The van der Waals surface area contributed by atoms with Crippen LogP contribution in [0.3, 0.4) is 0 Å². The van der Waals surface area contributed by atoms with Gasteiger partial charge in [-0.1, -0.05) is 15.9 Å². The molecule has 0 fully saturated rings. The highest BCUT2D eigenvalue weighted by Gasteiger charge is 2.17. The highest BCUT2D eigenvalue weighted by Crippen LogP contribution is 2.25. The number of rotatable bonds is 7. The topological polar surface area (TPSA) is 66.4 Å². The monoisotopic (exact) mass is 399 g/mol. The van der Waals surface area contributed by atoms with Crippen LogP contribution in [0, 0.1) is 0 Å². The molecule has 0 spiro atoms. The van der Waals surface area contributed by atoms with Crippen LogP contribution in [0.5, 0.6) is 0 Å². The molecule has 0 saturated carbocycles. The van der Waals surface area contributed by atoms with Gasteiger partial charge in [0.25, 0.3) is 0 Å². The van der Waals surface area contributed by atoms with Crippen LogP contribution in [0.2, 0.25) is 0 Å². The van der Waals surface area contributed by atoms with Crippen molar-refractivity contribution < 1.29 is 13.5 Å². The Labute approximate surface area is 124 Å². The summed E-state index contributed by atoms with van der Waals surface area (Å²) in [6.45, 7) is 0.519. The summed E-state index contributed by atoms with van der Waals surface area (Å²) in [5, 5.41) is 8.62. The van der Waals surface area contributed by atoms with Crippen molar-refractivity contribution in [2.75, 3.05) is 13.2 Å². The zero-order valence-electron chi connectivity index (χ0n) is 9.70. The number of hydrogen-bond donors (Lipinski definition) is 2. The number of halogens is 2. The van der Waals surface area contributed by atoms with Crippen LogP contribution in [0.4, 0.5) is 0 Å². The average molecular weight is 401 g/mol. The molecule has 0 heterocycles. The summed E-state index contributed by atoms with van der Waals surface area (Å²) >= 11 is 6.48. The molecule has 2 N–H and O–H groups in total. The quantitative estimate of drug-likeness (QED) is 0.691. The van der Waals surface area contributed by atoms with Crippen LogP contribution >= 0.6 is 31.9 Å². The third-order valence-electron chi connectivity index (χ3n) is 2.31. The first-order chi connectivity index (χ1) is 8.47. The van der Waals surface area contributed by atoms with E-state index in [-0.39, 0.29) is 11.5 Å². The fourth-order valence-electron chi connectivity index (χ4n) is 1.38. The van der Waals surface area contributed by atoms with E-state index >= 15 is 0 Å². The number of unbranched alkanes of at least 4 members (excludes halogenated alkanes) is 2. The number of benzene rings is 1. The van der Waals surface area contributed by atoms with Crippen LogP contribution in [0.25, 0.3) is 0 Å². The predicted octanol–water partition coefficient (Wildman–Crippen LogP) is 2.65. The Hall–Kier alpha value is 0.0500. The standard InChI is InChI=1S/C11H15Br2NO3S/c12-9-4-5-10(13)11(8-9)18(16,17)14-6-2-1-3-7-15/h4-5,8,14-15H,1-3,6-7H2. The van der Waals surface area contributed by atoms with Crippen molar-refractivity contribution in [3.63, 3.8) is 0 Å². The van der Waals surface area contributed by atoms with E-state index < -0.39 is 10.0 Å².